The molecule has 16 heavy (non-hydrogen) atoms. The van der Waals surface area contributed by atoms with Gasteiger partial charge in [0.05, 0.1) is 0 Å². The van der Waals surface area contributed by atoms with E-state index in [0.717, 1.165) is 16.8 Å². The van der Waals surface area contributed by atoms with Gasteiger partial charge in [-0.25, -0.2) is 0 Å². The van der Waals surface area contributed by atoms with Crippen LogP contribution in [0.1, 0.15) is 13.8 Å². The Balaban J connectivity index is 5.30. The van der Waals surface area contributed by atoms with Crippen molar-refractivity contribution in [2.75, 3.05) is 14.1 Å². The highest BCUT2D eigenvalue weighted by Crippen LogP contribution is 2.18. The van der Waals surface area contributed by atoms with Crippen LogP contribution in [0.5, 0.6) is 0 Å². The van der Waals surface area contributed by atoms with Gasteiger partial charge in [0.2, 0.25) is 0 Å². The van der Waals surface area contributed by atoms with Crippen molar-refractivity contribution < 1.29 is 0 Å². The third-order valence-corrected chi connectivity index (χ3v) is 2.25. The standard InChI is InChI=1S/C15H23N/c1-8-14(11-10-12(3)4)15(9-2)13(5)16(6)7/h8-12H,1-2,5H2,3-4,6-7H3/b11-10-,15-14+. The van der Waals surface area contributed by atoms with E-state index in [2.05, 4.69) is 45.7 Å². The summed E-state index contributed by atoms with van der Waals surface area (Å²) in [6.45, 7) is 16.0. The number of allylic oxidation sites excluding steroid dienone is 5. The van der Waals surface area contributed by atoms with E-state index < -0.39 is 0 Å². The molecule has 0 aliphatic carbocycles. The van der Waals surface area contributed by atoms with Crippen molar-refractivity contribution >= 4 is 0 Å². The average molecular weight is 217 g/mol. The van der Waals surface area contributed by atoms with Crippen LogP contribution < -0.4 is 0 Å². The van der Waals surface area contributed by atoms with Crippen LogP contribution >= 0.6 is 0 Å². The molecule has 0 aromatic carbocycles. The molecule has 0 saturated carbocycles. The summed E-state index contributed by atoms with van der Waals surface area (Å²) in [5, 5.41) is 0. The van der Waals surface area contributed by atoms with E-state index in [1.54, 1.807) is 0 Å². The number of likely N-dealkylation sites (N-methyl/N-ethyl adjacent to an activating group) is 1. The van der Waals surface area contributed by atoms with Crippen LogP contribution in [0.4, 0.5) is 0 Å². The maximum absolute atomic E-state index is 4.04. The van der Waals surface area contributed by atoms with E-state index in [1.165, 1.54) is 0 Å². The second-order valence-electron chi connectivity index (χ2n) is 4.22. The van der Waals surface area contributed by atoms with Crippen LogP contribution in [0.15, 0.2) is 60.9 Å². The lowest BCUT2D eigenvalue weighted by Crippen LogP contribution is -2.11. The molecule has 0 N–H and O–H groups in total. The topological polar surface area (TPSA) is 3.24 Å². The summed E-state index contributed by atoms with van der Waals surface area (Å²) in [5.41, 5.74) is 3.03. The van der Waals surface area contributed by atoms with Gasteiger partial charge in [0.25, 0.3) is 0 Å². The van der Waals surface area contributed by atoms with Gasteiger partial charge >= 0.3 is 0 Å². The van der Waals surface area contributed by atoms with Gasteiger partial charge in [-0.05, 0) is 11.5 Å². The van der Waals surface area contributed by atoms with Crippen molar-refractivity contribution in [3.63, 3.8) is 0 Å². The molecule has 0 aromatic rings. The van der Waals surface area contributed by atoms with Crippen molar-refractivity contribution in [1.82, 2.24) is 4.90 Å². The van der Waals surface area contributed by atoms with Gasteiger partial charge < -0.3 is 4.90 Å². The second-order valence-corrected chi connectivity index (χ2v) is 4.22. The lowest BCUT2D eigenvalue weighted by Gasteiger charge is -2.18. The van der Waals surface area contributed by atoms with Gasteiger partial charge in [0, 0.05) is 25.4 Å². The minimum Gasteiger partial charge on any atom is -0.378 e. The fourth-order valence-electron chi connectivity index (χ4n) is 1.21. The fourth-order valence-corrected chi connectivity index (χ4v) is 1.21. The Bertz CT molecular complexity index is 327. The summed E-state index contributed by atoms with van der Waals surface area (Å²) in [4.78, 5) is 1.98. The van der Waals surface area contributed by atoms with Gasteiger partial charge in [0.1, 0.15) is 0 Å². The van der Waals surface area contributed by atoms with E-state index >= 15 is 0 Å². The van der Waals surface area contributed by atoms with Crippen LogP contribution in [0.25, 0.3) is 0 Å². The molecule has 0 aliphatic heterocycles. The molecule has 88 valence electrons. The second kappa shape index (κ2) is 6.89. The maximum Gasteiger partial charge on any atom is 0.0367 e. The molecule has 1 nitrogen and oxygen atoms in total. The number of hydrogen-bond acceptors (Lipinski definition) is 1. The highest BCUT2D eigenvalue weighted by molar-refractivity contribution is 5.48. The summed E-state index contributed by atoms with van der Waals surface area (Å²) in [7, 11) is 3.94. The van der Waals surface area contributed by atoms with E-state index in [9.17, 15) is 0 Å². The van der Waals surface area contributed by atoms with Crippen molar-refractivity contribution in [2.24, 2.45) is 5.92 Å². The zero-order valence-corrected chi connectivity index (χ0v) is 11.0. The number of hydrogen-bond donors (Lipinski definition) is 0. The molecule has 0 fully saturated rings. The van der Waals surface area contributed by atoms with Crippen LogP contribution in [-0.4, -0.2) is 19.0 Å². The summed E-state index contributed by atoms with van der Waals surface area (Å²) < 4.78 is 0. The molecule has 0 atom stereocenters. The van der Waals surface area contributed by atoms with Crippen molar-refractivity contribution in [2.45, 2.75) is 13.8 Å². The van der Waals surface area contributed by atoms with Gasteiger partial charge in [-0.2, -0.15) is 0 Å². The van der Waals surface area contributed by atoms with Crippen molar-refractivity contribution in [1.29, 1.82) is 0 Å². The maximum atomic E-state index is 4.04. The molecular weight excluding hydrogens is 194 g/mol. The molecule has 0 unspecified atom stereocenters. The molecule has 0 rings (SSSR count). The van der Waals surface area contributed by atoms with Gasteiger partial charge in [0.15, 0.2) is 0 Å². The average Bonchev–Trinajstić information content (AvgIpc) is 2.22. The lowest BCUT2D eigenvalue weighted by atomic mass is 10.0. The molecule has 0 saturated heterocycles. The Morgan fingerprint density at radius 1 is 1.12 bits per heavy atom. The molecule has 0 aliphatic rings. The highest BCUT2D eigenvalue weighted by atomic mass is 15.1. The number of nitrogens with zero attached hydrogens (tertiary/aromatic N) is 1. The number of rotatable bonds is 6. The Morgan fingerprint density at radius 2 is 1.69 bits per heavy atom. The largest absolute Gasteiger partial charge is 0.378 e. The van der Waals surface area contributed by atoms with Crippen molar-refractivity contribution in [3.05, 3.63) is 60.9 Å². The fraction of sp³-hybridized carbons (Fsp3) is 0.333. The molecule has 0 aromatic heterocycles. The predicted octanol–water partition coefficient (Wildman–Crippen LogP) is 3.94. The monoisotopic (exact) mass is 217 g/mol. The Labute approximate surface area is 100 Å². The molecule has 0 bridgehead atoms. The molecule has 0 spiro atoms. The first-order valence-electron chi connectivity index (χ1n) is 5.48. The Morgan fingerprint density at radius 3 is 2.00 bits per heavy atom. The van der Waals surface area contributed by atoms with Crippen LogP contribution in [-0.2, 0) is 0 Å². The predicted molar refractivity (Wildman–Crippen MR) is 74.2 cm³/mol. The van der Waals surface area contributed by atoms with E-state index in [4.69, 9.17) is 0 Å². The summed E-state index contributed by atoms with van der Waals surface area (Å²) >= 11 is 0. The molecule has 0 radical (unpaired) electrons. The normalized spacial score (nSPS) is 12.6. The quantitative estimate of drug-likeness (QED) is 0.609. The van der Waals surface area contributed by atoms with Gasteiger partial charge in [-0.1, -0.05) is 57.9 Å². The van der Waals surface area contributed by atoms with Crippen LogP contribution in [0, 0.1) is 5.92 Å². The van der Waals surface area contributed by atoms with Crippen LogP contribution in [0.3, 0.4) is 0 Å². The zero-order chi connectivity index (χ0) is 12.7. The lowest BCUT2D eigenvalue weighted by molar-refractivity contribution is 0.526. The minimum absolute atomic E-state index is 0.522. The Hall–Kier alpha value is -1.50. The highest BCUT2D eigenvalue weighted by Gasteiger charge is 2.04. The molecule has 0 amide bonds. The molecule has 0 heterocycles. The SMILES string of the molecule is C=CC(/C=C\C(C)C)=C(/C=C)C(=C)N(C)C. The third-order valence-electron chi connectivity index (χ3n) is 2.25. The van der Waals surface area contributed by atoms with Crippen LogP contribution in [0.2, 0.25) is 0 Å². The Kier molecular flexibility index (Phi) is 6.24. The van der Waals surface area contributed by atoms with Gasteiger partial charge in [-0.3, -0.25) is 0 Å². The summed E-state index contributed by atoms with van der Waals surface area (Å²) in [6.07, 6.45) is 7.88. The summed E-state index contributed by atoms with van der Waals surface area (Å²) in [6, 6.07) is 0. The van der Waals surface area contributed by atoms with E-state index in [0.29, 0.717) is 5.92 Å². The first kappa shape index (κ1) is 14.5. The van der Waals surface area contributed by atoms with Gasteiger partial charge in [-0.15, -0.1) is 0 Å². The summed E-state index contributed by atoms with van der Waals surface area (Å²) in [5.74, 6) is 0.522. The third kappa shape index (κ3) is 4.35. The molecular formula is C15H23N. The molecule has 1 heteroatoms. The zero-order valence-electron chi connectivity index (χ0n) is 11.0. The van der Waals surface area contributed by atoms with E-state index in [-0.39, 0.29) is 0 Å². The first-order chi connectivity index (χ1) is 7.43. The van der Waals surface area contributed by atoms with E-state index in [1.807, 2.05) is 31.1 Å². The van der Waals surface area contributed by atoms with Crippen molar-refractivity contribution in [3.8, 4) is 0 Å². The minimum atomic E-state index is 0.522. The smallest absolute Gasteiger partial charge is 0.0367 e. The first-order valence-corrected chi connectivity index (χ1v) is 5.48.